The highest BCUT2D eigenvalue weighted by Crippen LogP contribution is 2.27. The fourth-order valence-electron chi connectivity index (χ4n) is 1.90. The second-order valence-electron chi connectivity index (χ2n) is 4.33. The number of nitrogens with two attached hydrogens (primary N) is 1. The number of sulfone groups is 1. The van der Waals surface area contributed by atoms with Crippen molar-refractivity contribution in [3.63, 3.8) is 0 Å². The van der Waals surface area contributed by atoms with Crippen molar-refractivity contribution in [1.29, 1.82) is 0 Å². The second-order valence-corrected chi connectivity index (χ2v) is 7.10. The van der Waals surface area contributed by atoms with Crippen molar-refractivity contribution >= 4 is 25.8 Å². The third-order valence-corrected chi connectivity index (χ3v) is 4.56. The molecule has 0 fully saturated rings. The van der Waals surface area contributed by atoms with E-state index in [0.29, 0.717) is 15.9 Å². The monoisotopic (exact) mass is 359 g/mol. The van der Waals surface area contributed by atoms with E-state index in [9.17, 15) is 8.42 Å². The van der Waals surface area contributed by atoms with Gasteiger partial charge in [0.1, 0.15) is 0 Å². The van der Waals surface area contributed by atoms with Crippen LogP contribution in [-0.4, -0.2) is 29.7 Å². The summed E-state index contributed by atoms with van der Waals surface area (Å²) in [5, 5.41) is 7.79. The van der Waals surface area contributed by atoms with Crippen molar-refractivity contribution in [2.24, 2.45) is 12.9 Å². The minimum atomic E-state index is -3.27. The van der Waals surface area contributed by atoms with Gasteiger partial charge in [0.15, 0.2) is 14.4 Å². The van der Waals surface area contributed by atoms with Gasteiger partial charge in [0.05, 0.1) is 16.6 Å². The number of hydrazine groups is 1. The van der Waals surface area contributed by atoms with Gasteiger partial charge < -0.3 is 0 Å². The van der Waals surface area contributed by atoms with E-state index < -0.39 is 15.9 Å². The van der Waals surface area contributed by atoms with Gasteiger partial charge in [0.2, 0.25) is 0 Å². The maximum absolute atomic E-state index is 11.6. The van der Waals surface area contributed by atoms with Crippen molar-refractivity contribution in [3.8, 4) is 0 Å². The number of hydrogen-bond acceptors (Lipinski definition) is 6. The maximum atomic E-state index is 11.6. The summed E-state index contributed by atoms with van der Waals surface area (Å²) in [6, 6.07) is 6.17. The normalized spacial score (nSPS) is 13.4. The minimum Gasteiger partial charge on any atom is -0.271 e. The molecule has 1 aromatic carbocycles. The predicted octanol–water partition coefficient (Wildman–Crippen LogP) is 0.534. The summed E-state index contributed by atoms with van der Waals surface area (Å²) in [6.07, 6.45) is 1.17. The van der Waals surface area contributed by atoms with Gasteiger partial charge in [-0.05, 0) is 33.6 Å². The number of nitrogens with zero attached hydrogens (tertiary/aromatic N) is 3. The van der Waals surface area contributed by atoms with Crippen LogP contribution in [0.2, 0.25) is 0 Å². The second kappa shape index (κ2) is 5.60. The quantitative estimate of drug-likeness (QED) is 0.609. The Morgan fingerprint density at radius 3 is 2.65 bits per heavy atom. The first kappa shape index (κ1) is 15.1. The molecule has 0 saturated heterocycles. The predicted molar refractivity (Wildman–Crippen MR) is 77.4 cm³/mol. The molecule has 0 aliphatic heterocycles. The summed E-state index contributed by atoms with van der Waals surface area (Å²) < 4.78 is 25.4. The summed E-state index contributed by atoms with van der Waals surface area (Å²) in [4.78, 5) is 0.238. The smallest absolute Gasteiger partial charge is 0.175 e. The van der Waals surface area contributed by atoms with Crippen molar-refractivity contribution in [1.82, 2.24) is 20.4 Å². The molecule has 3 N–H and O–H groups in total. The highest BCUT2D eigenvalue weighted by atomic mass is 79.9. The number of aryl methyl sites for hydroxylation is 1. The minimum absolute atomic E-state index is 0.238. The lowest BCUT2D eigenvalue weighted by atomic mass is 10.1. The molecule has 7 nitrogen and oxygen atoms in total. The lowest BCUT2D eigenvalue weighted by Gasteiger charge is -2.17. The molecule has 1 atom stereocenters. The molecule has 1 aromatic heterocycles. The van der Waals surface area contributed by atoms with Gasteiger partial charge in [0.25, 0.3) is 0 Å². The Morgan fingerprint density at radius 2 is 2.15 bits per heavy atom. The average Bonchev–Trinajstić information content (AvgIpc) is 2.71. The Hall–Kier alpha value is -1.29. The van der Waals surface area contributed by atoms with E-state index in [1.165, 1.54) is 6.26 Å². The summed E-state index contributed by atoms with van der Waals surface area (Å²) in [5.41, 5.74) is 4.07. The van der Waals surface area contributed by atoms with Crippen LogP contribution in [0.5, 0.6) is 0 Å². The van der Waals surface area contributed by atoms with E-state index in [0.717, 1.165) is 0 Å². The molecular weight excluding hydrogens is 346 g/mol. The van der Waals surface area contributed by atoms with Crippen LogP contribution in [0.15, 0.2) is 33.8 Å². The van der Waals surface area contributed by atoms with Crippen LogP contribution >= 0.6 is 15.9 Å². The molecule has 0 aliphatic rings. The largest absolute Gasteiger partial charge is 0.271 e. The van der Waals surface area contributed by atoms with Crippen LogP contribution in [-0.2, 0) is 16.9 Å². The van der Waals surface area contributed by atoms with Gasteiger partial charge in [-0.2, -0.15) is 0 Å². The van der Waals surface area contributed by atoms with Gasteiger partial charge in [0, 0.05) is 13.3 Å². The lowest BCUT2D eigenvalue weighted by molar-refractivity contribution is 0.567. The zero-order valence-electron chi connectivity index (χ0n) is 10.9. The van der Waals surface area contributed by atoms with Crippen molar-refractivity contribution < 1.29 is 8.42 Å². The Balaban J connectivity index is 2.54. The molecule has 0 radical (unpaired) electrons. The zero-order chi connectivity index (χ0) is 14.9. The Bertz CT molecular complexity index is 709. The number of rotatable bonds is 4. The van der Waals surface area contributed by atoms with E-state index in [1.807, 2.05) is 0 Å². The first-order chi connectivity index (χ1) is 9.34. The third kappa shape index (κ3) is 2.90. The SMILES string of the molecule is Cn1nnc(Br)c1C(NN)c1cccc(S(C)(=O)=O)c1. The molecule has 0 amide bonds. The van der Waals surface area contributed by atoms with E-state index in [2.05, 4.69) is 31.7 Å². The summed E-state index contributed by atoms with van der Waals surface area (Å²) in [7, 11) is -1.54. The molecule has 108 valence electrons. The van der Waals surface area contributed by atoms with Crippen LogP contribution in [0.1, 0.15) is 17.3 Å². The van der Waals surface area contributed by atoms with Gasteiger partial charge >= 0.3 is 0 Å². The lowest BCUT2D eigenvalue weighted by Crippen LogP contribution is -2.30. The number of nitrogens with one attached hydrogen (secondary N) is 1. The standard InChI is InChI=1S/C11H14BrN5O2S/c1-17-10(11(12)15-16-17)9(14-13)7-4-3-5-8(6-7)20(2,18)19/h3-6,9,14H,13H2,1-2H3. The molecule has 0 aliphatic carbocycles. The molecule has 20 heavy (non-hydrogen) atoms. The molecule has 0 spiro atoms. The molecule has 2 aromatic rings. The fraction of sp³-hybridized carbons (Fsp3) is 0.273. The summed E-state index contributed by atoms with van der Waals surface area (Å²) in [5.74, 6) is 5.60. The van der Waals surface area contributed by atoms with Gasteiger partial charge in [-0.1, -0.05) is 17.3 Å². The molecule has 1 unspecified atom stereocenters. The Kier molecular flexibility index (Phi) is 4.23. The van der Waals surface area contributed by atoms with E-state index in [-0.39, 0.29) is 4.90 Å². The number of hydrogen-bond donors (Lipinski definition) is 2. The van der Waals surface area contributed by atoms with Crippen LogP contribution in [0.3, 0.4) is 0 Å². The fourth-order valence-corrected chi connectivity index (χ4v) is 3.14. The van der Waals surface area contributed by atoms with Crippen molar-refractivity contribution in [2.45, 2.75) is 10.9 Å². The van der Waals surface area contributed by atoms with E-state index in [1.54, 1.807) is 36.0 Å². The number of benzene rings is 1. The van der Waals surface area contributed by atoms with Gasteiger partial charge in [-0.3, -0.25) is 5.84 Å². The van der Waals surface area contributed by atoms with Crippen LogP contribution in [0.25, 0.3) is 0 Å². The molecule has 0 bridgehead atoms. The van der Waals surface area contributed by atoms with Gasteiger partial charge in [-0.15, -0.1) is 5.10 Å². The topological polar surface area (TPSA) is 103 Å². The molecule has 9 heteroatoms. The Morgan fingerprint density at radius 1 is 1.45 bits per heavy atom. The maximum Gasteiger partial charge on any atom is 0.175 e. The van der Waals surface area contributed by atoms with E-state index in [4.69, 9.17) is 5.84 Å². The van der Waals surface area contributed by atoms with E-state index >= 15 is 0 Å². The summed E-state index contributed by atoms with van der Waals surface area (Å²) in [6.45, 7) is 0. The van der Waals surface area contributed by atoms with Crippen LogP contribution in [0, 0.1) is 0 Å². The van der Waals surface area contributed by atoms with Crippen LogP contribution < -0.4 is 11.3 Å². The van der Waals surface area contributed by atoms with Crippen molar-refractivity contribution in [2.75, 3.05) is 6.26 Å². The third-order valence-electron chi connectivity index (χ3n) is 2.89. The first-order valence-electron chi connectivity index (χ1n) is 5.66. The first-order valence-corrected chi connectivity index (χ1v) is 8.34. The number of halogens is 1. The highest BCUT2D eigenvalue weighted by molar-refractivity contribution is 9.10. The summed E-state index contributed by atoms with van der Waals surface area (Å²) >= 11 is 3.31. The number of aromatic nitrogens is 3. The van der Waals surface area contributed by atoms with Crippen molar-refractivity contribution in [3.05, 3.63) is 40.1 Å². The van der Waals surface area contributed by atoms with Crippen LogP contribution in [0.4, 0.5) is 0 Å². The average molecular weight is 360 g/mol. The molecular formula is C11H14BrN5O2S. The molecule has 1 heterocycles. The molecule has 2 rings (SSSR count). The highest BCUT2D eigenvalue weighted by Gasteiger charge is 2.22. The molecule has 0 saturated carbocycles. The Labute approximate surface area is 125 Å². The van der Waals surface area contributed by atoms with Gasteiger partial charge in [-0.25, -0.2) is 18.5 Å². The zero-order valence-corrected chi connectivity index (χ0v) is 13.3.